The Morgan fingerprint density at radius 3 is 2.12 bits per heavy atom. The van der Waals surface area contributed by atoms with Crippen LogP contribution in [0.15, 0.2) is 69.9 Å². The van der Waals surface area contributed by atoms with Gasteiger partial charge in [0.15, 0.2) is 5.76 Å². The summed E-state index contributed by atoms with van der Waals surface area (Å²) >= 11 is 0. The number of methoxy groups -OCH3 is 1. The molecule has 0 aliphatic rings. The highest BCUT2D eigenvalue weighted by atomic mass is 16.5. The van der Waals surface area contributed by atoms with E-state index in [1.807, 2.05) is 81.4 Å². The molecule has 1 heterocycles. The van der Waals surface area contributed by atoms with Gasteiger partial charge in [0.1, 0.15) is 30.3 Å². The zero-order chi connectivity index (χ0) is 22.7. The molecule has 0 amide bonds. The van der Waals surface area contributed by atoms with Gasteiger partial charge in [0, 0.05) is 5.56 Å². The molecule has 0 unspecified atom stereocenters. The normalized spacial score (nSPS) is 10.9. The second-order valence-electron chi connectivity index (χ2n) is 7.78. The molecule has 0 saturated heterocycles. The van der Waals surface area contributed by atoms with E-state index in [4.69, 9.17) is 18.6 Å². The molecule has 5 nitrogen and oxygen atoms in total. The Bertz CT molecular complexity index is 1290. The summed E-state index contributed by atoms with van der Waals surface area (Å²) in [6.07, 6.45) is 0. The van der Waals surface area contributed by atoms with Crippen LogP contribution in [0.2, 0.25) is 0 Å². The Balaban J connectivity index is 1.65. The van der Waals surface area contributed by atoms with Crippen LogP contribution in [0.25, 0.3) is 22.3 Å². The van der Waals surface area contributed by atoms with Crippen molar-refractivity contribution in [1.82, 2.24) is 0 Å². The summed E-state index contributed by atoms with van der Waals surface area (Å²) in [4.78, 5) is 13.4. The zero-order valence-corrected chi connectivity index (χ0v) is 18.7. The van der Waals surface area contributed by atoms with Crippen molar-refractivity contribution in [2.45, 2.75) is 20.8 Å². The largest absolute Gasteiger partial charge is 0.497 e. The first-order valence-corrected chi connectivity index (χ1v) is 10.5. The fourth-order valence-corrected chi connectivity index (χ4v) is 3.67. The topological polar surface area (TPSA) is 57.9 Å². The summed E-state index contributed by atoms with van der Waals surface area (Å²) in [5, 5.41) is 0.539. The van der Waals surface area contributed by atoms with Gasteiger partial charge in [-0.2, -0.15) is 0 Å². The van der Waals surface area contributed by atoms with Crippen molar-refractivity contribution in [2.75, 3.05) is 20.3 Å². The van der Waals surface area contributed by atoms with Crippen LogP contribution in [0.3, 0.4) is 0 Å². The average molecular weight is 431 g/mol. The third kappa shape index (κ3) is 4.47. The maximum Gasteiger partial charge on any atom is 0.235 e. The van der Waals surface area contributed by atoms with Crippen LogP contribution in [0, 0.1) is 20.8 Å². The predicted molar refractivity (Wildman–Crippen MR) is 126 cm³/mol. The van der Waals surface area contributed by atoms with Crippen molar-refractivity contribution in [3.8, 4) is 28.6 Å². The lowest BCUT2D eigenvalue weighted by atomic mass is 10.0. The Hall–Kier alpha value is -3.73. The maximum absolute atomic E-state index is 13.4. The second kappa shape index (κ2) is 9.18. The van der Waals surface area contributed by atoms with Gasteiger partial charge in [-0.3, -0.25) is 4.79 Å². The highest BCUT2D eigenvalue weighted by Gasteiger charge is 2.19. The molecule has 0 N–H and O–H groups in total. The molecule has 0 radical (unpaired) electrons. The molecule has 1 aromatic heterocycles. The highest BCUT2D eigenvalue weighted by Crippen LogP contribution is 2.32. The van der Waals surface area contributed by atoms with Crippen molar-refractivity contribution in [3.63, 3.8) is 0 Å². The molecular formula is C27H26O5. The molecule has 0 aliphatic carbocycles. The van der Waals surface area contributed by atoms with Crippen LogP contribution >= 0.6 is 0 Å². The Labute approximate surface area is 187 Å². The Morgan fingerprint density at radius 2 is 1.44 bits per heavy atom. The van der Waals surface area contributed by atoms with Crippen LogP contribution in [0.1, 0.15) is 16.7 Å². The third-order valence-electron chi connectivity index (χ3n) is 5.27. The number of hydrogen-bond acceptors (Lipinski definition) is 5. The second-order valence-corrected chi connectivity index (χ2v) is 7.78. The standard InChI is InChI=1S/C27H26O5/c1-17-5-7-20(8-6-17)26-27(25(28)24-19(3)15-18(2)16-23(24)32-26)31-14-13-30-22-11-9-21(29-4)10-12-22/h5-12,15-16H,13-14H2,1-4H3. The molecule has 0 bridgehead atoms. The fourth-order valence-electron chi connectivity index (χ4n) is 3.67. The van der Waals surface area contributed by atoms with E-state index in [2.05, 4.69) is 0 Å². The van der Waals surface area contributed by atoms with E-state index < -0.39 is 0 Å². The van der Waals surface area contributed by atoms with Gasteiger partial charge >= 0.3 is 0 Å². The summed E-state index contributed by atoms with van der Waals surface area (Å²) < 4.78 is 23.1. The number of hydrogen-bond donors (Lipinski definition) is 0. The van der Waals surface area contributed by atoms with Gasteiger partial charge in [-0.15, -0.1) is 0 Å². The summed E-state index contributed by atoms with van der Waals surface area (Å²) in [7, 11) is 1.62. The summed E-state index contributed by atoms with van der Waals surface area (Å²) in [5.74, 6) is 2.09. The van der Waals surface area contributed by atoms with Gasteiger partial charge in [0.25, 0.3) is 0 Å². The van der Waals surface area contributed by atoms with Gasteiger partial charge in [-0.1, -0.05) is 35.9 Å². The molecule has 0 saturated carbocycles. The van der Waals surface area contributed by atoms with E-state index in [1.165, 1.54) is 0 Å². The van der Waals surface area contributed by atoms with E-state index in [-0.39, 0.29) is 24.4 Å². The van der Waals surface area contributed by atoms with E-state index in [0.717, 1.165) is 28.0 Å². The van der Waals surface area contributed by atoms with E-state index in [0.29, 0.717) is 22.5 Å². The minimum Gasteiger partial charge on any atom is -0.497 e. The molecule has 32 heavy (non-hydrogen) atoms. The van der Waals surface area contributed by atoms with Crippen LogP contribution in [0.5, 0.6) is 17.2 Å². The van der Waals surface area contributed by atoms with Gasteiger partial charge < -0.3 is 18.6 Å². The van der Waals surface area contributed by atoms with Crippen LogP contribution < -0.4 is 19.6 Å². The summed E-state index contributed by atoms with van der Waals surface area (Å²) in [6, 6.07) is 19.0. The molecule has 0 atom stereocenters. The quantitative estimate of drug-likeness (QED) is 0.344. The monoisotopic (exact) mass is 430 g/mol. The molecule has 0 aliphatic heterocycles. The Morgan fingerprint density at radius 1 is 0.781 bits per heavy atom. The first-order chi connectivity index (χ1) is 15.5. The highest BCUT2D eigenvalue weighted by molar-refractivity contribution is 5.85. The maximum atomic E-state index is 13.4. The van der Waals surface area contributed by atoms with Crippen LogP contribution in [0.4, 0.5) is 0 Å². The number of benzene rings is 3. The van der Waals surface area contributed by atoms with Gasteiger partial charge in [0.05, 0.1) is 12.5 Å². The SMILES string of the molecule is COc1ccc(OCCOc2c(-c3ccc(C)cc3)oc3cc(C)cc(C)c3c2=O)cc1. The summed E-state index contributed by atoms with van der Waals surface area (Å²) in [5.41, 5.74) is 4.20. The molecule has 3 aromatic carbocycles. The predicted octanol–water partition coefficient (Wildman–Crippen LogP) is 5.85. The lowest BCUT2D eigenvalue weighted by Crippen LogP contribution is -2.16. The molecule has 0 spiro atoms. The fraction of sp³-hybridized carbons (Fsp3) is 0.222. The number of fused-ring (bicyclic) bond motifs is 1. The first-order valence-electron chi connectivity index (χ1n) is 10.5. The van der Waals surface area contributed by atoms with E-state index in [9.17, 15) is 4.79 Å². The first kappa shape index (κ1) is 21.5. The lowest BCUT2D eigenvalue weighted by molar-refractivity contribution is 0.214. The molecule has 164 valence electrons. The summed E-state index contributed by atoms with van der Waals surface area (Å²) in [6.45, 7) is 6.39. The average Bonchev–Trinajstić information content (AvgIpc) is 2.78. The van der Waals surface area contributed by atoms with Crippen molar-refractivity contribution in [3.05, 3.63) is 87.6 Å². The number of ether oxygens (including phenoxy) is 3. The third-order valence-corrected chi connectivity index (χ3v) is 5.27. The van der Waals surface area contributed by atoms with Crippen molar-refractivity contribution < 1.29 is 18.6 Å². The van der Waals surface area contributed by atoms with E-state index in [1.54, 1.807) is 7.11 Å². The van der Waals surface area contributed by atoms with Crippen molar-refractivity contribution in [2.24, 2.45) is 0 Å². The van der Waals surface area contributed by atoms with Crippen molar-refractivity contribution in [1.29, 1.82) is 0 Å². The minimum atomic E-state index is -0.177. The number of rotatable bonds is 7. The lowest BCUT2D eigenvalue weighted by Gasteiger charge is -2.14. The minimum absolute atomic E-state index is 0.177. The van der Waals surface area contributed by atoms with Crippen molar-refractivity contribution >= 4 is 11.0 Å². The molecule has 0 fully saturated rings. The van der Waals surface area contributed by atoms with E-state index >= 15 is 0 Å². The molecular weight excluding hydrogens is 404 g/mol. The van der Waals surface area contributed by atoms with Crippen LogP contribution in [-0.4, -0.2) is 20.3 Å². The molecule has 4 rings (SSSR count). The molecule has 5 heteroatoms. The zero-order valence-electron chi connectivity index (χ0n) is 18.7. The smallest absolute Gasteiger partial charge is 0.235 e. The molecule has 4 aromatic rings. The van der Waals surface area contributed by atoms with Gasteiger partial charge in [-0.25, -0.2) is 0 Å². The van der Waals surface area contributed by atoms with Gasteiger partial charge in [-0.05, 0) is 62.2 Å². The number of aryl methyl sites for hydroxylation is 3. The Kier molecular flexibility index (Phi) is 6.17. The van der Waals surface area contributed by atoms with Crippen LogP contribution in [-0.2, 0) is 0 Å². The van der Waals surface area contributed by atoms with Gasteiger partial charge in [0.2, 0.25) is 11.2 Å².